The number of aliphatic imine (C=N–C) groups is 1. The third-order valence-corrected chi connectivity index (χ3v) is 6.71. The van der Waals surface area contributed by atoms with Crippen LogP contribution in [-0.4, -0.2) is 18.8 Å². The van der Waals surface area contributed by atoms with Gasteiger partial charge in [0, 0.05) is 28.2 Å². The van der Waals surface area contributed by atoms with Crippen LogP contribution in [0, 0.1) is 0 Å². The number of rotatable bonds is 3. The third-order valence-electron chi connectivity index (χ3n) is 6.24. The summed E-state index contributed by atoms with van der Waals surface area (Å²) < 4.78 is 41.9. The molecule has 30 heavy (non-hydrogen) atoms. The predicted octanol–water partition coefficient (Wildman–Crippen LogP) is 7.08. The maximum atomic E-state index is 14.0. The number of piperidine rings is 1. The number of alkyl halides is 3. The van der Waals surface area contributed by atoms with Gasteiger partial charge >= 0.3 is 6.18 Å². The Balaban J connectivity index is 1.99. The maximum Gasteiger partial charge on any atom is 0.416 e. The molecule has 2 aliphatic rings. The molecule has 2 aromatic carbocycles. The van der Waals surface area contributed by atoms with Gasteiger partial charge in [-0.05, 0) is 60.8 Å². The fourth-order valence-electron chi connectivity index (χ4n) is 4.89. The van der Waals surface area contributed by atoms with E-state index in [1.807, 2.05) is 13.0 Å². The van der Waals surface area contributed by atoms with Crippen molar-refractivity contribution in [3.8, 4) is 0 Å². The molecule has 4 rings (SSSR count). The van der Waals surface area contributed by atoms with E-state index in [-0.39, 0.29) is 16.6 Å². The van der Waals surface area contributed by atoms with E-state index in [2.05, 4.69) is 16.9 Å². The first-order valence-corrected chi connectivity index (χ1v) is 10.6. The molecule has 3 atom stereocenters. The summed E-state index contributed by atoms with van der Waals surface area (Å²) in [4.78, 5) is 4.59. The van der Waals surface area contributed by atoms with Crippen LogP contribution < -0.4 is 5.32 Å². The maximum absolute atomic E-state index is 14.0. The molecular weight excluding hydrogens is 432 g/mol. The molecule has 7 heteroatoms. The lowest BCUT2D eigenvalue weighted by Crippen LogP contribution is -2.57. The van der Waals surface area contributed by atoms with Gasteiger partial charge in [-0.25, -0.2) is 0 Å². The van der Waals surface area contributed by atoms with Gasteiger partial charge in [-0.3, -0.25) is 4.99 Å². The largest absolute Gasteiger partial charge is 0.416 e. The lowest BCUT2D eigenvalue weighted by atomic mass is 9.59. The van der Waals surface area contributed by atoms with E-state index in [1.165, 1.54) is 12.1 Å². The quantitative estimate of drug-likeness (QED) is 0.494. The zero-order chi connectivity index (χ0) is 21.7. The highest BCUT2D eigenvalue weighted by atomic mass is 35.5. The van der Waals surface area contributed by atoms with Gasteiger partial charge in [0.2, 0.25) is 0 Å². The third kappa shape index (κ3) is 3.37. The Morgan fingerprint density at radius 3 is 2.60 bits per heavy atom. The summed E-state index contributed by atoms with van der Waals surface area (Å²) in [5.41, 5.74) is 1.19. The highest BCUT2D eigenvalue weighted by Gasteiger charge is 2.54. The van der Waals surface area contributed by atoms with Crippen molar-refractivity contribution in [2.45, 2.75) is 43.3 Å². The number of benzene rings is 2. The Kier molecular flexibility index (Phi) is 5.50. The second-order valence-corrected chi connectivity index (χ2v) is 8.70. The van der Waals surface area contributed by atoms with Crippen LogP contribution in [0.4, 0.5) is 18.9 Å². The summed E-state index contributed by atoms with van der Waals surface area (Å²) in [7, 11) is 0. The molecule has 1 fully saturated rings. The van der Waals surface area contributed by atoms with E-state index >= 15 is 0 Å². The van der Waals surface area contributed by atoms with Gasteiger partial charge in [-0.2, -0.15) is 13.2 Å². The summed E-state index contributed by atoms with van der Waals surface area (Å²) in [5, 5.41) is 4.31. The average Bonchev–Trinajstić information content (AvgIpc) is 3.05. The molecule has 1 spiro atoms. The van der Waals surface area contributed by atoms with E-state index in [0.717, 1.165) is 17.2 Å². The Morgan fingerprint density at radius 2 is 1.90 bits per heavy atom. The molecular formula is C23H21Cl2F3N2. The molecule has 2 aromatic rings. The molecule has 1 N–H and O–H groups in total. The Labute approximate surface area is 183 Å². The Bertz CT molecular complexity index is 1030. The van der Waals surface area contributed by atoms with E-state index in [9.17, 15) is 13.2 Å². The molecule has 0 unspecified atom stereocenters. The van der Waals surface area contributed by atoms with Crippen LogP contribution in [-0.2, 0) is 11.6 Å². The van der Waals surface area contributed by atoms with Gasteiger partial charge in [-0.1, -0.05) is 48.3 Å². The SMILES string of the molecule is C=C(CC)[C@H]1NCC[C@@H](c2cc(Cl)ccc2C(F)(F)F)[C@]12C=Nc1cc(Cl)ccc12. The standard InChI is InChI=1S/C23H21Cl2F3N2/c1-3-13(2)21-22(12-30-20-11-15(25)5-7-19(20)22)17(8-9-29-21)16-10-14(24)4-6-18(16)23(26,27)28/h4-7,10-12,17,21,29H,2-3,8-9H2,1H3/t17-,21+,22-/m0/s1. The van der Waals surface area contributed by atoms with Gasteiger partial charge in [0.25, 0.3) is 0 Å². The summed E-state index contributed by atoms with van der Waals surface area (Å²) in [5.74, 6) is -0.478. The monoisotopic (exact) mass is 452 g/mol. The molecule has 0 radical (unpaired) electrons. The number of hydrogen-bond acceptors (Lipinski definition) is 2. The van der Waals surface area contributed by atoms with Gasteiger partial charge in [0.05, 0.1) is 16.7 Å². The van der Waals surface area contributed by atoms with Gasteiger partial charge in [0.15, 0.2) is 0 Å². The molecule has 158 valence electrons. The summed E-state index contributed by atoms with van der Waals surface area (Å²) in [6.45, 7) is 6.79. The van der Waals surface area contributed by atoms with Crippen molar-refractivity contribution in [3.05, 3.63) is 75.3 Å². The lowest BCUT2D eigenvalue weighted by Gasteiger charge is -2.48. The fraction of sp³-hybridized carbons (Fsp3) is 0.348. The highest BCUT2D eigenvalue weighted by Crippen LogP contribution is 2.54. The zero-order valence-electron chi connectivity index (χ0n) is 16.4. The predicted molar refractivity (Wildman–Crippen MR) is 116 cm³/mol. The average molecular weight is 453 g/mol. The molecule has 2 aliphatic heterocycles. The van der Waals surface area contributed by atoms with Crippen LogP contribution in [0.2, 0.25) is 10.0 Å². The molecule has 2 nitrogen and oxygen atoms in total. The summed E-state index contributed by atoms with van der Waals surface area (Å²) in [6, 6.07) is 8.95. The van der Waals surface area contributed by atoms with Gasteiger partial charge < -0.3 is 5.32 Å². The molecule has 0 aliphatic carbocycles. The van der Waals surface area contributed by atoms with Crippen LogP contribution >= 0.6 is 23.2 Å². The Hall–Kier alpha value is -1.82. The summed E-state index contributed by atoms with van der Waals surface area (Å²) in [6.07, 6.45) is -1.49. The van der Waals surface area contributed by atoms with Crippen molar-refractivity contribution in [1.29, 1.82) is 0 Å². The minimum absolute atomic E-state index is 0.194. The van der Waals surface area contributed by atoms with Crippen LogP contribution in [0.15, 0.2) is 53.5 Å². The minimum Gasteiger partial charge on any atom is -0.309 e. The molecule has 1 saturated heterocycles. The van der Waals surface area contributed by atoms with Crippen molar-refractivity contribution < 1.29 is 13.2 Å². The fourth-order valence-corrected chi connectivity index (χ4v) is 5.24. The second-order valence-electron chi connectivity index (χ2n) is 7.82. The molecule has 2 heterocycles. The van der Waals surface area contributed by atoms with Crippen molar-refractivity contribution in [2.24, 2.45) is 4.99 Å². The first-order chi connectivity index (χ1) is 14.2. The van der Waals surface area contributed by atoms with Crippen molar-refractivity contribution in [3.63, 3.8) is 0 Å². The molecule has 0 saturated carbocycles. The van der Waals surface area contributed by atoms with Crippen LogP contribution in [0.3, 0.4) is 0 Å². The van der Waals surface area contributed by atoms with Crippen molar-refractivity contribution >= 4 is 35.1 Å². The first-order valence-electron chi connectivity index (χ1n) is 9.81. The minimum atomic E-state index is -4.48. The number of halogens is 5. The molecule has 0 aromatic heterocycles. The van der Waals surface area contributed by atoms with Crippen molar-refractivity contribution in [1.82, 2.24) is 5.32 Å². The number of nitrogens with one attached hydrogen (secondary N) is 1. The molecule has 0 amide bonds. The van der Waals surface area contributed by atoms with E-state index < -0.39 is 23.1 Å². The van der Waals surface area contributed by atoms with Crippen molar-refractivity contribution in [2.75, 3.05) is 6.54 Å². The van der Waals surface area contributed by atoms with Crippen LogP contribution in [0.1, 0.15) is 42.4 Å². The first kappa shape index (κ1) is 21.4. The highest BCUT2D eigenvalue weighted by molar-refractivity contribution is 6.31. The van der Waals surface area contributed by atoms with Crippen LogP contribution in [0.5, 0.6) is 0 Å². The van der Waals surface area contributed by atoms with E-state index in [0.29, 0.717) is 30.1 Å². The zero-order valence-corrected chi connectivity index (χ0v) is 17.9. The smallest absolute Gasteiger partial charge is 0.309 e. The second kappa shape index (κ2) is 7.70. The Morgan fingerprint density at radius 1 is 1.20 bits per heavy atom. The van der Waals surface area contributed by atoms with Gasteiger partial charge in [0.1, 0.15) is 0 Å². The topological polar surface area (TPSA) is 24.4 Å². The van der Waals surface area contributed by atoms with Gasteiger partial charge in [-0.15, -0.1) is 0 Å². The number of nitrogens with zero attached hydrogens (tertiary/aromatic N) is 1. The normalized spacial score (nSPS) is 25.5. The van der Waals surface area contributed by atoms with Crippen LogP contribution in [0.25, 0.3) is 0 Å². The number of hydrogen-bond donors (Lipinski definition) is 1. The lowest BCUT2D eigenvalue weighted by molar-refractivity contribution is -0.138. The summed E-state index contributed by atoms with van der Waals surface area (Å²) >= 11 is 12.3. The van der Waals surface area contributed by atoms with E-state index in [1.54, 1.807) is 18.3 Å². The number of fused-ring (bicyclic) bond motifs is 2. The molecule has 0 bridgehead atoms. The van der Waals surface area contributed by atoms with E-state index in [4.69, 9.17) is 23.2 Å².